The van der Waals surface area contributed by atoms with E-state index in [2.05, 4.69) is 10.6 Å². The average molecular weight is 392 g/mol. The van der Waals surface area contributed by atoms with Gasteiger partial charge in [-0.05, 0) is 53.7 Å². The van der Waals surface area contributed by atoms with Crippen LogP contribution in [0.25, 0.3) is 11.1 Å². The molecule has 0 heterocycles. The molecular formula is C21H16N2O4S. The van der Waals surface area contributed by atoms with Crippen LogP contribution in [0.3, 0.4) is 0 Å². The van der Waals surface area contributed by atoms with Gasteiger partial charge in [0.15, 0.2) is 5.11 Å². The Morgan fingerprint density at radius 1 is 0.857 bits per heavy atom. The minimum absolute atomic E-state index is 0.0131. The topological polar surface area (TPSA) is 98.7 Å². The van der Waals surface area contributed by atoms with E-state index < -0.39 is 11.9 Å². The van der Waals surface area contributed by atoms with Crippen LogP contribution in [-0.4, -0.2) is 27.2 Å². The Bertz CT molecular complexity index is 1030. The Labute approximate surface area is 166 Å². The van der Waals surface area contributed by atoms with Gasteiger partial charge in [0.25, 0.3) is 5.91 Å². The molecule has 6 nitrogen and oxygen atoms in total. The van der Waals surface area contributed by atoms with Crippen molar-refractivity contribution in [3.05, 3.63) is 83.9 Å². The Morgan fingerprint density at radius 3 is 2.14 bits per heavy atom. The normalized spacial score (nSPS) is 10.1. The van der Waals surface area contributed by atoms with Crippen molar-refractivity contribution in [1.29, 1.82) is 0 Å². The summed E-state index contributed by atoms with van der Waals surface area (Å²) in [6, 6.07) is 20.8. The molecular weight excluding hydrogens is 376 g/mol. The van der Waals surface area contributed by atoms with E-state index in [0.717, 1.165) is 11.1 Å². The second-order valence-corrected chi connectivity index (χ2v) is 6.30. The molecule has 0 aromatic heterocycles. The maximum atomic E-state index is 12.3. The van der Waals surface area contributed by atoms with Crippen LogP contribution in [0.2, 0.25) is 0 Å². The van der Waals surface area contributed by atoms with Crippen molar-refractivity contribution in [2.45, 2.75) is 0 Å². The lowest BCUT2D eigenvalue weighted by Gasteiger charge is -2.11. The number of benzene rings is 3. The summed E-state index contributed by atoms with van der Waals surface area (Å²) in [5.41, 5.74) is 2.53. The molecule has 0 unspecified atom stereocenters. The molecule has 0 bridgehead atoms. The van der Waals surface area contributed by atoms with Crippen LogP contribution in [0, 0.1) is 0 Å². The summed E-state index contributed by atoms with van der Waals surface area (Å²) in [6.45, 7) is 0. The molecule has 3 aromatic carbocycles. The van der Waals surface area contributed by atoms with E-state index in [9.17, 15) is 14.7 Å². The smallest absolute Gasteiger partial charge is 0.339 e. The first kappa shape index (κ1) is 19.1. The summed E-state index contributed by atoms with van der Waals surface area (Å²) >= 11 is 5.10. The molecule has 0 saturated heterocycles. The van der Waals surface area contributed by atoms with E-state index in [4.69, 9.17) is 17.3 Å². The van der Waals surface area contributed by atoms with Crippen molar-refractivity contribution in [1.82, 2.24) is 5.32 Å². The maximum absolute atomic E-state index is 12.3. The molecule has 28 heavy (non-hydrogen) atoms. The van der Waals surface area contributed by atoms with E-state index in [-0.39, 0.29) is 16.4 Å². The van der Waals surface area contributed by atoms with Crippen LogP contribution >= 0.6 is 12.2 Å². The van der Waals surface area contributed by atoms with Crippen LogP contribution in [0.4, 0.5) is 5.69 Å². The molecule has 0 atom stereocenters. The lowest BCUT2D eigenvalue weighted by atomic mass is 10.0. The zero-order valence-electron chi connectivity index (χ0n) is 14.5. The minimum Gasteiger partial charge on any atom is -0.507 e. The summed E-state index contributed by atoms with van der Waals surface area (Å²) < 4.78 is 0. The zero-order valence-corrected chi connectivity index (χ0v) is 15.4. The maximum Gasteiger partial charge on any atom is 0.339 e. The van der Waals surface area contributed by atoms with Gasteiger partial charge in [0.1, 0.15) is 11.3 Å². The van der Waals surface area contributed by atoms with Gasteiger partial charge in [0.05, 0.1) is 0 Å². The Morgan fingerprint density at radius 2 is 1.50 bits per heavy atom. The average Bonchev–Trinajstić information content (AvgIpc) is 2.70. The minimum atomic E-state index is -1.27. The molecule has 3 aromatic rings. The van der Waals surface area contributed by atoms with Crippen LogP contribution < -0.4 is 10.6 Å². The summed E-state index contributed by atoms with van der Waals surface area (Å²) in [6.07, 6.45) is 0. The van der Waals surface area contributed by atoms with E-state index in [1.54, 1.807) is 12.1 Å². The van der Waals surface area contributed by atoms with Gasteiger partial charge in [-0.15, -0.1) is 0 Å². The van der Waals surface area contributed by atoms with Gasteiger partial charge in [-0.2, -0.15) is 0 Å². The van der Waals surface area contributed by atoms with Crippen LogP contribution in [0.15, 0.2) is 72.8 Å². The molecule has 0 aliphatic carbocycles. The third kappa shape index (κ3) is 4.52. The van der Waals surface area contributed by atoms with E-state index in [1.165, 1.54) is 18.2 Å². The number of phenols is 1. The van der Waals surface area contributed by atoms with Crippen LogP contribution in [0.1, 0.15) is 20.7 Å². The first-order valence-electron chi connectivity index (χ1n) is 8.28. The molecule has 0 radical (unpaired) electrons. The lowest BCUT2D eigenvalue weighted by Crippen LogP contribution is -2.34. The number of amides is 1. The number of aromatic hydroxyl groups is 1. The zero-order chi connectivity index (χ0) is 20.1. The SMILES string of the molecule is O=C(NC(=S)Nc1ccc(O)c(C(=O)O)c1)c1ccc(-c2ccccc2)cc1. The monoisotopic (exact) mass is 392 g/mol. The molecule has 3 rings (SSSR count). The number of rotatable bonds is 4. The lowest BCUT2D eigenvalue weighted by molar-refractivity contribution is 0.0693. The first-order chi connectivity index (χ1) is 13.4. The van der Waals surface area contributed by atoms with Crippen molar-refractivity contribution >= 4 is 34.9 Å². The van der Waals surface area contributed by atoms with Gasteiger partial charge in [0.2, 0.25) is 0 Å². The number of hydrogen-bond donors (Lipinski definition) is 4. The molecule has 0 spiro atoms. The standard InChI is InChI=1S/C21H16N2O4S/c24-18-11-10-16(12-17(18)20(26)27)22-21(28)23-19(25)15-8-6-14(7-9-15)13-4-2-1-3-5-13/h1-12,24H,(H,26,27)(H2,22,23,25,28). The van der Waals surface area contributed by atoms with E-state index >= 15 is 0 Å². The number of aromatic carboxylic acids is 1. The molecule has 0 saturated carbocycles. The van der Waals surface area contributed by atoms with Gasteiger partial charge in [0, 0.05) is 11.3 Å². The summed E-state index contributed by atoms with van der Waals surface area (Å²) in [4.78, 5) is 23.4. The van der Waals surface area contributed by atoms with Gasteiger partial charge in [-0.25, -0.2) is 4.79 Å². The summed E-state index contributed by atoms with van der Waals surface area (Å²) in [5, 5.41) is 23.8. The van der Waals surface area contributed by atoms with E-state index in [1.807, 2.05) is 42.5 Å². The fourth-order valence-electron chi connectivity index (χ4n) is 2.57. The van der Waals surface area contributed by atoms with E-state index in [0.29, 0.717) is 11.3 Å². The number of nitrogens with one attached hydrogen (secondary N) is 2. The number of carboxylic acid groups (broad SMARTS) is 1. The molecule has 1 amide bonds. The number of carbonyl (C=O) groups is 2. The fourth-order valence-corrected chi connectivity index (χ4v) is 2.78. The highest BCUT2D eigenvalue weighted by Gasteiger charge is 2.12. The van der Waals surface area contributed by atoms with Crippen molar-refractivity contribution in [2.24, 2.45) is 0 Å². The quantitative estimate of drug-likeness (QED) is 0.397. The van der Waals surface area contributed by atoms with Crippen molar-refractivity contribution in [2.75, 3.05) is 5.32 Å². The Kier molecular flexibility index (Phi) is 5.67. The van der Waals surface area contributed by atoms with Gasteiger partial charge in [-0.1, -0.05) is 42.5 Å². The molecule has 0 aliphatic heterocycles. The highest BCUT2D eigenvalue weighted by atomic mass is 32.1. The number of anilines is 1. The third-order valence-electron chi connectivity index (χ3n) is 3.97. The highest BCUT2D eigenvalue weighted by molar-refractivity contribution is 7.80. The van der Waals surface area contributed by atoms with Crippen molar-refractivity contribution in [3.63, 3.8) is 0 Å². The Balaban J connectivity index is 1.65. The number of carboxylic acids is 1. The molecule has 4 N–H and O–H groups in total. The van der Waals surface area contributed by atoms with Crippen molar-refractivity contribution in [3.8, 4) is 16.9 Å². The van der Waals surface area contributed by atoms with Gasteiger partial charge < -0.3 is 15.5 Å². The number of thiocarbonyl (C=S) groups is 1. The van der Waals surface area contributed by atoms with Gasteiger partial charge >= 0.3 is 5.97 Å². The first-order valence-corrected chi connectivity index (χ1v) is 8.69. The van der Waals surface area contributed by atoms with Crippen LogP contribution in [-0.2, 0) is 0 Å². The second kappa shape index (κ2) is 8.32. The molecule has 140 valence electrons. The highest BCUT2D eigenvalue weighted by Crippen LogP contribution is 2.22. The number of hydrogen-bond acceptors (Lipinski definition) is 4. The fraction of sp³-hybridized carbons (Fsp3) is 0. The number of carbonyl (C=O) groups excluding carboxylic acids is 1. The predicted molar refractivity (Wildman–Crippen MR) is 111 cm³/mol. The molecule has 0 fully saturated rings. The molecule has 0 aliphatic rings. The van der Waals surface area contributed by atoms with Crippen LogP contribution in [0.5, 0.6) is 5.75 Å². The predicted octanol–water partition coefficient (Wildman–Crippen LogP) is 3.88. The largest absolute Gasteiger partial charge is 0.507 e. The molecule has 7 heteroatoms. The third-order valence-corrected chi connectivity index (χ3v) is 4.17. The summed E-state index contributed by atoms with van der Waals surface area (Å²) in [7, 11) is 0. The van der Waals surface area contributed by atoms with Gasteiger partial charge in [-0.3, -0.25) is 10.1 Å². The summed E-state index contributed by atoms with van der Waals surface area (Å²) in [5.74, 6) is -2.02. The van der Waals surface area contributed by atoms with Crippen molar-refractivity contribution < 1.29 is 19.8 Å². The Hall–Kier alpha value is -3.71. The second-order valence-electron chi connectivity index (χ2n) is 5.89.